The zero-order valence-corrected chi connectivity index (χ0v) is 13.2. The lowest BCUT2D eigenvalue weighted by Gasteiger charge is -2.37. The van der Waals surface area contributed by atoms with Crippen molar-refractivity contribution in [3.8, 4) is 0 Å². The zero-order chi connectivity index (χ0) is 22.1. The number of halogens is 14. The number of hydrogen-bond acceptors (Lipinski definition) is 1. The highest BCUT2D eigenvalue weighted by molar-refractivity contribution is 5.01. The summed E-state index contributed by atoms with van der Waals surface area (Å²) in [7, 11) is 1.02. The van der Waals surface area contributed by atoms with E-state index in [4.69, 9.17) is 0 Å². The van der Waals surface area contributed by atoms with Gasteiger partial charge >= 0.3 is 24.7 Å². The molecule has 0 aliphatic rings. The average molecular weight is 437 g/mol. The van der Waals surface area contributed by atoms with Gasteiger partial charge in [-0.15, -0.1) is 0 Å². The summed E-state index contributed by atoms with van der Waals surface area (Å²) in [6.45, 7) is -0.692. The summed E-state index contributed by atoms with van der Waals surface area (Å²) in [5.74, 6) is -2.90. The number of nitrogens with one attached hydrogen (secondary N) is 1. The summed E-state index contributed by atoms with van der Waals surface area (Å²) in [4.78, 5) is 0. The molecule has 1 N–H and O–H groups in total. The van der Waals surface area contributed by atoms with Crippen LogP contribution in [-0.2, 0) is 0 Å². The number of rotatable bonds is 7. The van der Waals surface area contributed by atoms with Gasteiger partial charge in [-0.3, -0.25) is 0 Å². The fourth-order valence-electron chi connectivity index (χ4n) is 2.20. The van der Waals surface area contributed by atoms with Crippen LogP contribution in [0.2, 0.25) is 0 Å². The quantitative estimate of drug-likeness (QED) is 0.507. The second kappa shape index (κ2) is 7.78. The average Bonchev–Trinajstić information content (AvgIpc) is 2.39. The first-order valence-electron chi connectivity index (χ1n) is 6.93. The van der Waals surface area contributed by atoms with E-state index < -0.39 is 67.8 Å². The predicted octanol–water partition coefficient (Wildman–Crippen LogP) is 5.66. The highest BCUT2D eigenvalue weighted by atomic mass is 19.4. The van der Waals surface area contributed by atoms with Gasteiger partial charge in [-0.25, -0.2) is 8.78 Å². The van der Waals surface area contributed by atoms with Crippen molar-refractivity contribution in [2.75, 3.05) is 13.6 Å². The van der Waals surface area contributed by atoms with Crippen molar-refractivity contribution in [1.82, 2.24) is 5.32 Å². The van der Waals surface area contributed by atoms with E-state index in [0.29, 0.717) is 0 Å². The third kappa shape index (κ3) is 5.50. The van der Waals surface area contributed by atoms with Gasteiger partial charge in [-0.05, 0) is 25.9 Å². The molecular weight excluding hydrogens is 424 g/mol. The first-order chi connectivity index (χ1) is 11.6. The Morgan fingerprint density at radius 1 is 0.556 bits per heavy atom. The van der Waals surface area contributed by atoms with E-state index in [0.717, 1.165) is 7.05 Å². The summed E-state index contributed by atoms with van der Waals surface area (Å²) < 4.78 is 178. The molecule has 0 atom stereocenters. The first-order valence-corrected chi connectivity index (χ1v) is 6.93. The van der Waals surface area contributed by atoms with E-state index >= 15 is 0 Å². The molecule has 0 fully saturated rings. The van der Waals surface area contributed by atoms with Crippen LogP contribution < -0.4 is 5.32 Å². The highest BCUT2D eigenvalue weighted by Gasteiger charge is 2.75. The van der Waals surface area contributed by atoms with Crippen LogP contribution in [0.5, 0.6) is 0 Å². The van der Waals surface area contributed by atoms with Crippen molar-refractivity contribution in [2.45, 2.75) is 55.3 Å². The fourth-order valence-corrected chi connectivity index (χ4v) is 2.20. The molecule has 27 heavy (non-hydrogen) atoms. The predicted molar refractivity (Wildman–Crippen MR) is 63.2 cm³/mol. The third-order valence-electron chi connectivity index (χ3n) is 3.74. The molecule has 0 aromatic heterocycles. The largest absolute Gasteiger partial charge is 0.431 e. The van der Waals surface area contributed by atoms with Crippen molar-refractivity contribution in [3.05, 3.63) is 0 Å². The van der Waals surface area contributed by atoms with Crippen LogP contribution >= 0.6 is 0 Å². The van der Waals surface area contributed by atoms with Gasteiger partial charge in [0.1, 0.15) is 0 Å². The Balaban J connectivity index is 6.07. The molecule has 0 unspecified atom stereocenters. The van der Waals surface area contributed by atoms with Gasteiger partial charge in [0.25, 0.3) is 11.3 Å². The Morgan fingerprint density at radius 3 is 1.00 bits per heavy atom. The highest BCUT2D eigenvalue weighted by Crippen LogP contribution is 2.54. The van der Waals surface area contributed by atoms with E-state index in [9.17, 15) is 61.5 Å². The monoisotopic (exact) mass is 437 g/mol. The molecular formula is C12H13F14N. The SMILES string of the molecule is CNCCC(CC(F)(C(F)(F)F)C(F)(F)F)CC(F)(C(F)(F)F)C(F)(F)F. The lowest BCUT2D eigenvalue weighted by atomic mass is 9.81. The molecule has 0 saturated carbocycles. The van der Waals surface area contributed by atoms with Crippen molar-refractivity contribution < 1.29 is 61.5 Å². The minimum atomic E-state index is -6.70. The normalized spacial score (nSPS) is 15.6. The molecule has 0 aliphatic carbocycles. The first kappa shape index (κ1) is 26.0. The molecule has 0 aromatic rings. The molecule has 0 saturated heterocycles. The van der Waals surface area contributed by atoms with E-state index in [1.54, 1.807) is 0 Å². The van der Waals surface area contributed by atoms with Crippen LogP contribution in [0.3, 0.4) is 0 Å². The summed E-state index contributed by atoms with van der Waals surface area (Å²) in [5, 5.41) is 2.05. The van der Waals surface area contributed by atoms with E-state index in [-0.39, 0.29) is 0 Å². The Morgan fingerprint density at radius 2 is 0.815 bits per heavy atom. The molecule has 0 spiro atoms. The van der Waals surface area contributed by atoms with Crippen LogP contribution in [0.15, 0.2) is 0 Å². The van der Waals surface area contributed by atoms with Crippen LogP contribution in [0.25, 0.3) is 0 Å². The van der Waals surface area contributed by atoms with Crippen molar-refractivity contribution in [3.63, 3.8) is 0 Å². The topological polar surface area (TPSA) is 12.0 Å². The number of alkyl halides is 14. The molecule has 0 radical (unpaired) electrons. The molecule has 0 heterocycles. The zero-order valence-electron chi connectivity index (χ0n) is 13.2. The smallest absolute Gasteiger partial charge is 0.320 e. The molecule has 15 heteroatoms. The van der Waals surface area contributed by atoms with E-state index in [1.165, 1.54) is 0 Å². The van der Waals surface area contributed by atoms with Gasteiger partial charge in [0.2, 0.25) is 0 Å². The van der Waals surface area contributed by atoms with Crippen LogP contribution in [0.1, 0.15) is 19.3 Å². The molecule has 0 bridgehead atoms. The van der Waals surface area contributed by atoms with Gasteiger partial charge in [-0.1, -0.05) is 0 Å². The maximum absolute atomic E-state index is 13.7. The Labute approximate surface area is 143 Å². The van der Waals surface area contributed by atoms with Gasteiger partial charge < -0.3 is 5.32 Å². The lowest BCUT2D eigenvalue weighted by molar-refractivity contribution is -0.356. The van der Waals surface area contributed by atoms with Crippen LogP contribution in [0.4, 0.5) is 61.5 Å². The fraction of sp³-hybridized carbons (Fsp3) is 1.00. The van der Waals surface area contributed by atoms with Gasteiger partial charge in [0.15, 0.2) is 0 Å². The van der Waals surface area contributed by atoms with Gasteiger partial charge in [0, 0.05) is 12.8 Å². The summed E-state index contributed by atoms with van der Waals surface area (Å²) in [6.07, 6.45) is -33.7. The molecule has 0 rings (SSSR count). The van der Waals surface area contributed by atoms with Gasteiger partial charge in [-0.2, -0.15) is 52.7 Å². The molecule has 164 valence electrons. The van der Waals surface area contributed by atoms with E-state index in [1.807, 2.05) is 0 Å². The van der Waals surface area contributed by atoms with Crippen LogP contribution in [-0.4, -0.2) is 49.6 Å². The molecule has 0 aromatic carbocycles. The van der Waals surface area contributed by atoms with E-state index in [2.05, 4.69) is 5.32 Å². The molecule has 1 nitrogen and oxygen atoms in total. The Hall–Kier alpha value is -1.02. The maximum atomic E-state index is 13.7. The van der Waals surface area contributed by atoms with Gasteiger partial charge in [0.05, 0.1) is 0 Å². The summed E-state index contributed by atoms with van der Waals surface area (Å²) in [5.41, 5.74) is -12.2. The number of hydrogen-bond donors (Lipinski definition) is 1. The summed E-state index contributed by atoms with van der Waals surface area (Å²) >= 11 is 0. The second-order valence-corrected chi connectivity index (χ2v) is 5.76. The molecule has 0 aliphatic heterocycles. The Kier molecular flexibility index (Phi) is 7.48. The van der Waals surface area contributed by atoms with Crippen LogP contribution in [0, 0.1) is 5.92 Å². The van der Waals surface area contributed by atoms with Crippen molar-refractivity contribution in [2.24, 2.45) is 5.92 Å². The standard InChI is InChI=1S/C12H13F14N/c1-27-3-2-6(4-7(13,9(15,16)17)10(18,19)20)5-8(14,11(21,22)23)12(24,25)26/h6,27H,2-5H2,1H3. The molecule has 0 amide bonds. The second-order valence-electron chi connectivity index (χ2n) is 5.76. The minimum Gasteiger partial charge on any atom is -0.320 e. The summed E-state index contributed by atoms with van der Waals surface area (Å²) in [6, 6.07) is 0. The van der Waals surface area contributed by atoms with Crippen molar-refractivity contribution in [1.29, 1.82) is 0 Å². The lowest BCUT2D eigenvalue weighted by Crippen LogP contribution is -2.57. The van der Waals surface area contributed by atoms with Crippen molar-refractivity contribution >= 4 is 0 Å². The third-order valence-corrected chi connectivity index (χ3v) is 3.74. The Bertz CT molecular complexity index is 402. The minimum absolute atomic E-state index is 0.692. The maximum Gasteiger partial charge on any atom is 0.431 e.